The average Bonchev–Trinajstić information content (AvgIpc) is 2.98. The van der Waals surface area contributed by atoms with Crippen LogP contribution in [0.2, 0.25) is 0 Å². The van der Waals surface area contributed by atoms with Gasteiger partial charge in [-0.1, -0.05) is 50.1 Å². The Labute approximate surface area is 123 Å². The first kappa shape index (κ1) is 14.1. The molecule has 1 aromatic rings. The van der Waals surface area contributed by atoms with E-state index < -0.39 is 0 Å². The minimum absolute atomic E-state index is 0.293. The second kappa shape index (κ2) is 5.87. The Morgan fingerprint density at radius 2 is 2.05 bits per heavy atom. The van der Waals surface area contributed by atoms with Crippen LogP contribution in [0.25, 0.3) is 0 Å². The maximum absolute atomic E-state index is 6.22. The highest BCUT2D eigenvalue weighted by Gasteiger charge is 2.42. The molecule has 1 aromatic carbocycles. The molecule has 2 N–H and O–H groups in total. The molecule has 1 saturated carbocycles. The van der Waals surface area contributed by atoms with E-state index in [0.29, 0.717) is 11.5 Å². The van der Waals surface area contributed by atoms with Gasteiger partial charge in [0.25, 0.3) is 0 Å². The Bertz CT molecular complexity index is 430. The zero-order valence-corrected chi connectivity index (χ0v) is 12.7. The summed E-state index contributed by atoms with van der Waals surface area (Å²) in [6, 6.07) is 11.0. The fourth-order valence-corrected chi connectivity index (χ4v) is 4.42. The van der Waals surface area contributed by atoms with Gasteiger partial charge in [-0.2, -0.15) is 0 Å². The van der Waals surface area contributed by atoms with E-state index in [1.54, 1.807) is 0 Å². The summed E-state index contributed by atoms with van der Waals surface area (Å²) >= 11 is 0. The quantitative estimate of drug-likeness (QED) is 0.914. The summed E-state index contributed by atoms with van der Waals surface area (Å²) in [6.07, 6.45) is 6.63. The number of nitrogens with zero attached hydrogens (tertiary/aromatic N) is 1. The monoisotopic (exact) mass is 272 g/mol. The summed E-state index contributed by atoms with van der Waals surface area (Å²) in [6.45, 7) is 5.66. The first-order valence-electron chi connectivity index (χ1n) is 8.23. The van der Waals surface area contributed by atoms with Crippen molar-refractivity contribution in [2.75, 3.05) is 19.6 Å². The molecule has 0 radical (unpaired) electrons. The standard InChI is InChI=1S/C18H28N2/c1-15-6-5-10-18(12-15,14-19)20-11-9-17(13-20)16-7-3-2-4-8-16/h2-4,7-8,15,17H,5-6,9-14,19H2,1H3. The molecule has 0 bridgehead atoms. The first-order valence-corrected chi connectivity index (χ1v) is 8.23. The second-order valence-electron chi connectivity index (χ2n) is 6.97. The molecule has 0 amide bonds. The fraction of sp³-hybridized carbons (Fsp3) is 0.667. The highest BCUT2D eigenvalue weighted by Crippen LogP contribution is 2.40. The van der Waals surface area contributed by atoms with Crippen LogP contribution in [0.3, 0.4) is 0 Å². The van der Waals surface area contributed by atoms with Crippen LogP contribution in [0, 0.1) is 5.92 Å². The van der Waals surface area contributed by atoms with E-state index >= 15 is 0 Å². The lowest BCUT2D eigenvalue weighted by Crippen LogP contribution is -2.55. The van der Waals surface area contributed by atoms with Gasteiger partial charge in [-0.3, -0.25) is 4.90 Å². The molecular formula is C18H28N2. The van der Waals surface area contributed by atoms with Crippen molar-refractivity contribution in [3.63, 3.8) is 0 Å². The minimum Gasteiger partial charge on any atom is -0.329 e. The Morgan fingerprint density at radius 1 is 1.25 bits per heavy atom. The van der Waals surface area contributed by atoms with E-state index in [0.717, 1.165) is 12.5 Å². The van der Waals surface area contributed by atoms with Gasteiger partial charge in [0.15, 0.2) is 0 Å². The zero-order chi connectivity index (χ0) is 14.0. The SMILES string of the molecule is CC1CCCC(CN)(N2CCC(c3ccccc3)C2)C1. The van der Waals surface area contributed by atoms with E-state index in [2.05, 4.69) is 42.2 Å². The summed E-state index contributed by atoms with van der Waals surface area (Å²) in [7, 11) is 0. The van der Waals surface area contributed by atoms with Crippen molar-refractivity contribution in [3.8, 4) is 0 Å². The summed E-state index contributed by atoms with van der Waals surface area (Å²) < 4.78 is 0. The lowest BCUT2D eigenvalue weighted by Gasteiger charge is -2.46. The smallest absolute Gasteiger partial charge is 0.0334 e. The molecule has 0 spiro atoms. The number of rotatable bonds is 3. The molecule has 2 fully saturated rings. The van der Waals surface area contributed by atoms with Crippen molar-refractivity contribution in [2.45, 2.75) is 50.5 Å². The van der Waals surface area contributed by atoms with Gasteiger partial charge in [-0.25, -0.2) is 0 Å². The number of hydrogen-bond acceptors (Lipinski definition) is 2. The molecular weight excluding hydrogens is 244 g/mol. The summed E-state index contributed by atoms with van der Waals surface area (Å²) in [5.41, 5.74) is 8.02. The van der Waals surface area contributed by atoms with Gasteiger partial charge in [0.2, 0.25) is 0 Å². The van der Waals surface area contributed by atoms with Gasteiger partial charge in [0, 0.05) is 18.6 Å². The van der Waals surface area contributed by atoms with E-state index in [9.17, 15) is 0 Å². The molecule has 2 heteroatoms. The van der Waals surface area contributed by atoms with Gasteiger partial charge in [-0.05, 0) is 43.2 Å². The third-order valence-corrected chi connectivity index (χ3v) is 5.58. The summed E-state index contributed by atoms with van der Waals surface area (Å²) in [5, 5.41) is 0. The molecule has 1 saturated heterocycles. The molecule has 2 aliphatic rings. The Kier molecular flexibility index (Phi) is 4.13. The average molecular weight is 272 g/mol. The van der Waals surface area contributed by atoms with Crippen LogP contribution in [0.15, 0.2) is 30.3 Å². The molecule has 3 rings (SSSR count). The summed E-state index contributed by atoms with van der Waals surface area (Å²) in [5.74, 6) is 1.54. The van der Waals surface area contributed by atoms with Gasteiger partial charge >= 0.3 is 0 Å². The van der Waals surface area contributed by atoms with Crippen LogP contribution in [0.4, 0.5) is 0 Å². The van der Waals surface area contributed by atoms with Crippen LogP contribution in [-0.4, -0.2) is 30.1 Å². The normalized spacial score (nSPS) is 35.3. The maximum atomic E-state index is 6.22. The topological polar surface area (TPSA) is 29.3 Å². The molecule has 110 valence electrons. The fourth-order valence-electron chi connectivity index (χ4n) is 4.42. The van der Waals surface area contributed by atoms with Crippen molar-refractivity contribution in [3.05, 3.63) is 35.9 Å². The van der Waals surface area contributed by atoms with Crippen molar-refractivity contribution in [2.24, 2.45) is 11.7 Å². The van der Waals surface area contributed by atoms with E-state index in [1.807, 2.05) is 0 Å². The molecule has 3 unspecified atom stereocenters. The Balaban J connectivity index is 1.72. The molecule has 20 heavy (non-hydrogen) atoms. The molecule has 1 aliphatic heterocycles. The lowest BCUT2D eigenvalue weighted by atomic mass is 9.75. The van der Waals surface area contributed by atoms with E-state index in [4.69, 9.17) is 5.73 Å². The van der Waals surface area contributed by atoms with Gasteiger partial charge in [-0.15, -0.1) is 0 Å². The van der Waals surface area contributed by atoms with Crippen molar-refractivity contribution in [1.29, 1.82) is 0 Å². The predicted octanol–water partition coefficient (Wildman–Crippen LogP) is 3.38. The highest BCUT2D eigenvalue weighted by atomic mass is 15.2. The zero-order valence-electron chi connectivity index (χ0n) is 12.7. The van der Waals surface area contributed by atoms with Crippen LogP contribution in [0.1, 0.15) is 50.5 Å². The number of nitrogens with two attached hydrogens (primary N) is 1. The lowest BCUT2D eigenvalue weighted by molar-refractivity contribution is 0.0587. The molecule has 0 aromatic heterocycles. The maximum Gasteiger partial charge on any atom is 0.0334 e. The minimum atomic E-state index is 0.293. The number of hydrogen-bond donors (Lipinski definition) is 1. The first-order chi connectivity index (χ1) is 9.73. The Hall–Kier alpha value is -0.860. The van der Waals surface area contributed by atoms with Crippen molar-refractivity contribution in [1.82, 2.24) is 4.90 Å². The van der Waals surface area contributed by atoms with Gasteiger partial charge < -0.3 is 5.73 Å². The predicted molar refractivity (Wildman–Crippen MR) is 84.8 cm³/mol. The van der Waals surface area contributed by atoms with Gasteiger partial charge in [0.05, 0.1) is 0 Å². The van der Waals surface area contributed by atoms with E-state index in [1.165, 1.54) is 50.8 Å². The number of benzene rings is 1. The van der Waals surface area contributed by atoms with Crippen LogP contribution >= 0.6 is 0 Å². The Morgan fingerprint density at radius 3 is 2.75 bits per heavy atom. The van der Waals surface area contributed by atoms with Crippen LogP contribution in [-0.2, 0) is 0 Å². The van der Waals surface area contributed by atoms with Crippen LogP contribution in [0.5, 0.6) is 0 Å². The third kappa shape index (κ3) is 2.64. The molecule has 1 heterocycles. The molecule has 1 aliphatic carbocycles. The third-order valence-electron chi connectivity index (χ3n) is 5.58. The van der Waals surface area contributed by atoms with Gasteiger partial charge in [0.1, 0.15) is 0 Å². The van der Waals surface area contributed by atoms with Crippen molar-refractivity contribution < 1.29 is 0 Å². The summed E-state index contributed by atoms with van der Waals surface area (Å²) in [4.78, 5) is 2.72. The number of likely N-dealkylation sites (tertiary alicyclic amines) is 1. The molecule has 3 atom stereocenters. The van der Waals surface area contributed by atoms with E-state index in [-0.39, 0.29) is 0 Å². The largest absolute Gasteiger partial charge is 0.329 e. The highest BCUT2D eigenvalue weighted by molar-refractivity contribution is 5.21. The van der Waals surface area contributed by atoms with Crippen molar-refractivity contribution >= 4 is 0 Å². The van der Waals surface area contributed by atoms with Crippen LogP contribution < -0.4 is 5.73 Å². The molecule has 2 nitrogen and oxygen atoms in total. The second-order valence-corrected chi connectivity index (χ2v) is 6.97.